The molecule has 170 valence electrons. The normalized spacial score (nSPS) is 12.6. The Morgan fingerprint density at radius 1 is 0.943 bits per heavy atom. The molecule has 3 aromatic carbocycles. The minimum absolute atomic E-state index is 0. The molecule has 0 aliphatic carbocycles. The van der Waals surface area contributed by atoms with Gasteiger partial charge in [0.2, 0.25) is 6.79 Å². The molecule has 0 N–H and O–H groups in total. The van der Waals surface area contributed by atoms with Crippen LogP contribution in [-0.2, 0) is 11.2 Å². The third kappa shape index (κ3) is 5.08. The second kappa shape index (κ2) is 10.6. The Morgan fingerprint density at radius 2 is 1.66 bits per heavy atom. The first-order valence-corrected chi connectivity index (χ1v) is 11.0. The van der Waals surface area contributed by atoms with Crippen molar-refractivity contribution in [2.45, 2.75) is 6.42 Å². The van der Waals surface area contributed by atoms with Crippen LogP contribution in [0.2, 0.25) is 0 Å². The Labute approximate surface area is 226 Å². The van der Waals surface area contributed by atoms with Crippen molar-refractivity contribution in [3.63, 3.8) is 0 Å². The summed E-state index contributed by atoms with van der Waals surface area (Å²) in [7, 11) is 1.53. The van der Waals surface area contributed by atoms with Crippen LogP contribution in [0, 0.1) is 0 Å². The van der Waals surface area contributed by atoms with Crippen LogP contribution in [0.1, 0.15) is 21.5 Å². The van der Waals surface area contributed by atoms with E-state index < -0.39 is 11.8 Å². The Balaban J connectivity index is 0.00000289. The molecule has 0 fully saturated rings. The van der Waals surface area contributed by atoms with Crippen LogP contribution >= 0.6 is 11.7 Å². The summed E-state index contributed by atoms with van der Waals surface area (Å²) in [6.07, 6.45) is 0.0398. The Morgan fingerprint density at radius 3 is 2.40 bits per heavy atom. The van der Waals surface area contributed by atoms with E-state index in [1.54, 1.807) is 60.7 Å². The molecule has 0 amide bonds. The van der Waals surface area contributed by atoms with E-state index >= 15 is 0 Å². The van der Waals surface area contributed by atoms with E-state index in [1.807, 2.05) is 0 Å². The largest absolute Gasteiger partial charge is 1.00 e. The molecule has 0 unspecified atom stereocenters. The van der Waals surface area contributed by atoms with Gasteiger partial charge in [0.15, 0.2) is 17.3 Å². The van der Waals surface area contributed by atoms with Gasteiger partial charge in [0, 0.05) is 23.1 Å². The summed E-state index contributed by atoms with van der Waals surface area (Å²) >= 11 is 1.03. The van der Waals surface area contributed by atoms with Crippen molar-refractivity contribution in [2.24, 2.45) is 0 Å². The number of carboxylic acids is 1. The number of hydrogen-bond acceptors (Lipinski definition) is 9. The van der Waals surface area contributed by atoms with Crippen LogP contribution in [0.3, 0.4) is 0 Å². The number of aromatic nitrogens is 2. The standard InChI is InChI=1S/C25H18N2O6S.Na/c1-31-17-6-3-15(4-7-17)24(28)18(10-14-2-9-21-22(11-14)33-13-32-21)23(25(29)30)16-5-8-19-20(12-16)27-34-26-19;/h2-9,11-12H,10,13H2,1H3,(H,29,30);/q;+1/p-1/b23-18-;. The number of hydrogen-bond donors (Lipinski definition) is 0. The minimum atomic E-state index is -1.46. The van der Waals surface area contributed by atoms with Gasteiger partial charge in [0.1, 0.15) is 16.8 Å². The molecule has 5 rings (SSSR count). The maximum atomic E-state index is 13.6. The summed E-state index contributed by atoms with van der Waals surface area (Å²) in [5.74, 6) is -0.174. The molecule has 1 aliphatic rings. The van der Waals surface area contributed by atoms with Crippen molar-refractivity contribution in [3.8, 4) is 17.2 Å². The van der Waals surface area contributed by atoms with Crippen LogP contribution in [0.4, 0.5) is 0 Å². The number of rotatable bonds is 7. The topological polar surface area (TPSA) is 111 Å². The second-order valence-electron chi connectivity index (χ2n) is 7.53. The van der Waals surface area contributed by atoms with Gasteiger partial charge >= 0.3 is 29.6 Å². The van der Waals surface area contributed by atoms with Crippen molar-refractivity contribution in [3.05, 3.63) is 82.9 Å². The van der Waals surface area contributed by atoms with E-state index in [4.69, 9.17) is 14.2 Å². The molecular weight excluding hydrogens is 479 g/mol. The van der Waals surface area contributed by atoms with Gasteiger partial charge in [0.05, 0.1) is 24.8 Å². The second-order valence-corrected chi connectivity index (χ2v) is 8.06. The molecular formula is C25H17N2NaO6S. The molecule has 0 spiro atoms. The molecule has 0 atom stereocenters. The average Bonchev–Trinajstić information content (AvgIpc) is 3.51. The number of methoxy groups -OCH3 is 1. The van der Waals surface area contributed by atoms with Crippen LogP contribution in [0.25, 0.3) is 16.6 Å². The SMILES string of the molecule is COc1ccc(C(=O)/C(Cc2ccc3c(c2)OCO3)=C(\C(=O)[O-])c2ccc3nsnc3c2)cc1.[Na+]. The number of Topliss-reactive ketones (excluding diaryl/α,β-unsaturated/α-hetero) is 1. The summed E-state index contributed by atoms with van der Waals surface area (Å²) in [5.41, 5.74) is 2.39. The fourth-order valence-corrected chi connectivity index (χ4v) is 4.32. The van der Waals surface area contributed by atoms with Gasteiger partial charge in [-0.2, -0.15) is 8.75 Å². The molecule has 2 heterocycles. The van der Waals surface area contributed by atoms with Crippen molar-refractivity contribution in [1.82, 2.24) is 8.75 Å². The zero-order valence-corrected chi connectivity index (χ0v) is 21.8. The van der Waals surface area contributed by atoms with Crippen LogP contribution < -0.4 is 48.9 Å². The fourth-order valence-electron chi connectivity index (χ4n) is 3.81. The van der Waals surface area contributed by atoms with Crippen LogP contribution in [0.5, 0.6) is 17.2 Å². The van der Waals surface area contributed by atoms with Gasteiger partial charge in [-0.25, -0.2) is 0 Å². The van der Waals surface area contributed by atoms with E-state index in [0.717, 1.165) is 11.7 Å². The van der Waals surface area contributed by atoms with Gasteiger partial charge in [-0.3, -0.25) is 4.79 Å². The molecule has 1 aliphatic heterocycles. The van der Waals surface area contributed by atoms with E-state index in [-0.39, 0.29) is 53.9 Å². The number of aliphatic carboxylic acids is 1. The molecule has 10 heteroatoms. The Hall–Kier alpha value is -3.24. The number of ether oxygens (including phenoxy) is 3. The summed E-state index contributed by atoms with van der Waals surface area (Å²) in [6.45, 7) is 0.109. The molecule has 0 saturated heterocycles. The number of carbonyl (C=O) groups is 2. The quantitative estimate of drug-likeness (QED) is 0.201. The number of carboxylic acid groups (broad SMARTS) is 1. The molecule has 0 bridgehead atoms. The summed E-state index contributed by atoms with van der Waals surface area (Å²) in [4.78, 5) is 26.1. The molecule has 0 radical (unpaired) electrons. The number of carbonyl (C=O) groups excluding carboxylic acids is 2. The number of nitrogens with zero attached hydrogens (tertiary/aromatic N) is 2. The van der Waals surface area contributed by atoms with Gasteiger partial charge in [-0.15, -0.1) is 0 Å². The Bertz CT molecular complexity index is 1450. The van der Waals surface area contributed by atoms with Crippen molar-refractivity contribution in [2.75, 3.05) is 13.9 Å². The van der Waals surface area contributed by atoms with Crippen molar-refractivity contribution >= 4 is 40.1 Å². The molecule has 8 nitrogen and oxygen atoms in total. The maximum Gasteiger partial charge on any atom is 1.00 e. The molecule has 4 aromatic rings. The third-order valence-electron chi connectivity index (χ3n) is 5.49. The first kappa shape index (κ1) is 24.9. The summed E-state index contributed by atoms with van der Waals surface area (Å²) in [5, 5.41) is 12.4. The minimum Gasteiger partial charge on any atom is -0.545 e. The van der Waals surface area contributed by atoms with E-state index in [1.165, 1.54) is 7.11 Å². The number of ketones is 1. The van der Waals surface area contributed by atoms with Gasteiger partial charge in [0.25, 0.3) is 0 Å². The smallest absolute Gasteiger partial charge is 0.545 e. The zero-order valence-electron chi connectivity index (χ0n) is 18.9. The van der Waals surface area contributed by atoms with Crippen molar-refractivity contribution < 1.29 is 58.5 Å². The maximum absolute atomic E-state index is 13.6. The Kier molecular flexibility index (Phi) is 7.51. The number of fused-ring (bicyclic) bond motifs is 2. The van der Waals surface area contributed by atoms with E-state index in [9.17, 15) is 14.7 Å². The monoisotopic (exact) mass is 496 g/mol. The van der Waals surface area contributed by atoms with Crippen molar-refractivity contribution in [1.29, 1.82) is 0 Å². The first-order chi connectivity index (χ1) is 16.5. The summed E-state index contributed by atoms with van der Waals surface area (Å²) in [6, 6.07) is 16.6. The van der Waals surface area contributed by atoms with E-state index in [2.05, 4.69) is 8.75 Å². The predicted octanol–water partition coefficient (Wildman–Crippen LogP) is 0.0617. The van der Waals surface area contributed by atoms with Gasteiger partial charge in [-0.05, 0) is 59.7 Å². The summed E-state index contributed by atoms with van der Waals surface area (Å²) < 4.78 is 24.3. The number of allylic oxidation sites excluding steroid dienone is 1. The average molecular weight is 496 g/mol. The van der Waals surface area contributed by atoms with E-state index in [0.29, 0.717) is 45.0 Å². The molecule has 0 saturated carbocycles. The zero-order chi connectivity index (χ0) is 23.7. The number of benzene rings is 3. The third-order valence-corrected chi connectivity index (χ3v) is 6.05. The predicted molar refractivity (Wildman–Crippen MR) is 123 cm³/mol. The van der Waals surface area contributed by atoms with Crippen LogP contribution in [0.15, 0.2) is 66.2 Å². The first-order valence-electron chi connectivity index (χ1n) is 10.3. The van der Waals surface area contributed by atoms with Gasteiger partial charge in [-0.1, -0.05) is 12.1 Å². The van der Waals surface area contributed by atoms with Gasteiger partial charge < -0.3 is 24.1 Å². The molecule has 35 heavy (non-hydrogen) atoms. The fraction of sp³-hybridized carbons (Fsp3) is 0.120. The molecule has 1 aromatic heterocycles. The van der Waals surface area contributed by atoms with Crippen LogP contribution in [-0.4, -0.2) is 34.4 Å².